The van der Waals surface area contributed by atoms with Gasteiger partial charge in [-0.25, -0.2) is 9.59 Å². The van der Waals surface area contributed by atoms with E-state index in [1.807, 2.05) is 36.4 Å². The zero-order valence-electron chi connectivity index (χ0n) is 31.9. The van der Waals surface area contributed by atoms with Gasteiger partial charge in [-0.05, 0) is 83.4 Å². The van der Waals surface area contributed by atoms with Crippen molar-refractivity contribution in [1.82, 2.24) is 19.6 Å². The van der Waals surface area contributed by atoms with Gasteiger partial charge in [0.1, 0.15) is 22.6 Å². The summed E-state index contributed by atoms with van der Waals surface area (Å²) in [4.78, 5) is 84.0. The molecule has 0 N–H and O–H groups in total. The third kappa shape index (κ3) is 8.70. The Hall–Kier alpha value is -5.66. The molecule has 2 aliphatic heterocycles. The number of hydrogen-bond donors (Lipinski definition) is 0. The van der Waals surface area contributed by atoms with Crippen LogP contribution in [0.15, 0.2) is 47.5 Å². The molecule has 0 unspecified atom stereocenters. The molecule has 8 amide bonds. The lowest BCUT2D eigenvalue weighted by Crippen LogP contribution is -2.52. The number of rotatable bonds is 16. The highest BCUT2D eigenvalue weighted by Gasteiger charge is 2.39. The molecule has 0 aliphatic carbocycles. The van der Waals surface area contributed by atoms with Crippen LogP contribution in [0.5, 0.6) is 11.5 Å². The average molecular weight is 731 g/mol. The van der Waals surface area contributed by atoms with Crippen LogP contribution in [-0.4, -0.2) is 123 Å². The lowest BCUT2D eigenvalue weighted by atomic mass is 10.1. The normalized spacial score (nSPS) is 15.1. The van der Waals surface area contributed by atoms with Crippen molar-refractivity contribution in [1.29, 1.82) is 0 Å². The summed E-state index contributed by atoms with van der Waals surface area (Å²) in [5.74, 6) is -1.68. The van der Waals surface area contributed by atoms with Crippen molar-refractivity contribution >= 4 is 59.2 Å². The molecule has 14 nitrogen and oxygen atoms in total. The number of ether oxygens (including phenoxy) is 2. The number of carbonyl (C=O) groups excluding carboxylic acids is 6. The monoisotopic (exact) mass is 730 g/mol. The lowest BCUT2D eigenvalue weighted by Gasteiger charge is -2.29. The van der Waals surface area contributed by atoms with Crippen LogP contribution < -0.4 is 19.3 Å². The van der Waals surface area contributed by atoms with Gasteiger partial charge < -0.3 is 19.3 Å². The smallest absolute Gasteiger partial charge is 0.333 e. The van der Waals surface area contributed by atoms with Crippen molar-refractivity contribution in [2.75, 3.05) is 77.4 Å². The van der Waals surface area contributed by atoms with E-state index in [1.165, 1.54) is 40.3 Å². The summed E-state index contributed by atoms with van der Waals surface area (Å²) in [7, 11) is 5.35. The zero-order chi connectivity index (χ0) is 39.0. The molecule has 2 saturated heterocycles. The van der Waals surface area contributed by atoms with Crippen LogP contribution in [0.2, 0.25) is 0 Å². The number of hydrogen-bond acceptors (Lipinski definition) is 10. The minimum Gasteiger partial charge on any atom is -0.493 e. The van der Waals surface area contributed by atoms with Crippen molar-refractivity contribution in [2.24, 2.45) is 0 Å². The Labute approximate surface area is 311 Å². The zero-order valence-corrected chi connectivity index (χ0v) is 31.9. The molecule has 14 heteroatoms. The largest absolute Gasteiger partial charge is 0.493 e. The quantitative estimate of drug-likeness (QED) is 0.133. The summed E-state index contributed by atoms with van der Waals surface area (Å²) >= 11 is 0. The highest BCUT2D eigenvalue weighted by Crippen LogP contribution is 2.31. The number of unbranched alkanes of at least 4 members (excludes halogenated alkanes) is 2. The van der Waals surface area contributed by atoms with E-state index >= 15 is 0 Å². The lowest BCUT2D eigenvalue weighted by molar-refractivity contribution is -0.135. The first-order valence-corrected chi connectivity index (χ1v) is 18.0. The van der Waals surface area contributed by atoms with E-state index < -0.39 is 35.7 Å². The molecular weight excluding hydrogens is 680 g/mol. The summed E-state index contributed by atoms with van der Waals surface area (Å²) in [5, 5.41) is 0. The predicted octanol–water partition coefficient (Wildman–Crippen LogP) is 4.87. The number of benzene rings is 2. The number of barbiturate groups is 2. The SMILES string of the molecule is CCN(CC)c1ccc(C=C2C(=O)N(C)C(=O)N(C)C2=O)c(OCCCCCOc2cc(N(CC)CC)ccc2C=C2C(=O)N(C)C(=O)N(C)C2=O)c1. The van der Waals surface area contributed by atoms with Gasteiger partial charge in [0.05, 0.1) is 13.2 Å². The van der Waals surface area contributed by atoms with Crippen LogP contribution in [0.3, 0.4) is 0 Å². The summed E-state index contributed by atoms with van der Waals surface area (Å²) in [6, 6.07) is 9.85. The summed E-state index contributed by atoms with van der Waals surface area (Å²) in [6.45, 7) is 12.1. The maximum Gasteiger partial charge on any atom is 0.333 e. The summed E-state index contributed by atoms with van der Waals surface area (Å²) < 4.78 is 12.5. The van der Waals surface area contributed by atoms with E-state index in [0.717, 1.165) is 63.6 Å². The van der Waals surface area contributed by atoms with Crippen molar-refractivity contribution in [3.05, 3.63) is 58.7 Å². The van der Waals surface area contributed by atoms with Gasteiger partial charge in [-0.1, -0.05) is 0 Å². The molecule has 53 heavy (non-hydrogen) atoms. The number of anilines is 2. The molecule has 0 atom stereocenters. The van der Waals surface area contributed by atoms with E-state index in [1.54, 1.807) is 0 Å². The maximum absolute atomic E-state index is 12.9. The van der Waals surface area contributed by atoms with Crippen LogP contribution in [-0.2, 0) is 19.2 Å². The fourth-order valence-corrected chi connectivity index (χ4v) is 6.11. The fourth-order valence-electron chi connectivity index (χ4n) is 6.11. The average Bonchev–Trinajstić information content (AvgIpc) is 3.16. The molecule has 0 spiro atoms. The van der Waals surface area contributed by atoms with E-state index in [0.29, 0.717) is 48.7 Å². The molecule has 0 radical (unpaired) electrons. The second-order valence-corrected chi connectivity index (χ2v) is 12.7. The van der Waals surface area contributed by atoms with Gasteiger partial charge in [-0.3, -0.25) is 38.8 Å². The minimum absolute atomic E-state index is 0.128. The first kappa shape index (κ1) is 40.1. The molecular formula is C39H50N6O8. The van der Waals surface area contributed by atoms with E-state index in [2.05, 4.69) is 37.5 Å². The van der Waals surface area contributed by atoms with Crippen molar-refractivity contribution in [3.8, 4) is 11.5 Å². The van der Waals surface area contributed by atoms with Gasteiger partial charge >= 0.3 is 12.1 Å². The Morgan fingerprint density at radius 1 is 0.509 bits per heavy atom. The molecule has 2 fully saturated rings. The standard InChI is InChI=1S/C39H50N6O8/c1-9-44(10-2)28-18-16-26(22-30-34(46)40(5)38(50)41(6)35(30)47)32(24-28)52-20-14-13-15-21-53-33-25-29(45(11-3)12-4)19-17-27(33)23-31-36(48)42(7)39(51)43(8)37(31)49/h16-19,22-25H,9-15,20-21H2,1-8H3. The molecule has 2 heterocycles. The number of urea groups is 2. The Morgan fingerprint density at radius 3 is 1.13 bits per heavy atom. The minimum atomic E-state index is -0.688. The molecule has 2 aromatic rings. The van der Waals surface area contributed by atoms with Gasteiger partial charge in [0.2, 0.25) is 0 Å². The van der Waals surface area contributed by atoms with E-state index in [4.69, 9.17) is 9.47 Å². The van der Waals surface area contributed by atoms with Gasteiger partial charge in [0, 0.05) is 89.0 Å². The highest BCUT2D eigenvalue weighted by atomic mass is 16.5. The highest BCUT2D eigenvalue weighted by molar-refractivity contribution is 6.31. The van der Waals surface area contributed by atoms with Crippen molar-refractivity contribution < 1.29 is 38.2 Å². The molecule has 0 bridgehead atoms. The third-order valence-corrected chi connectivity index (χ3v) is 9.44. The Morgan fingerprint density at radius 2 is 0.830 bits per heavy atom. The van der Waals surface area contributed by atoms with Crippen LogP contribution in [0.25, 0.3) is 12.2 Å². The second kappa shape index (κ2) is 17.7. The fraction of sp³-hybridized carbons (Fsp3) is 0.436. The third-order valence-electron chi connectivity index (χ3n) is 9.44. The number of imide groups is 4. The number of nitrogens with zero attached hydrogens (tertiary/aromatic N) is 6. The molecule has 2 aliphatic rings. The summed E-state index contributed by atoms with van der Waals surface area (Å²) in [6.07, 6.45) is 5.06. The second-order valence-electron chi connectivity index (χ2n) is 12.7. The predicted molar refractivity (Wildman–Crippen MR) is 203 cm³/mol. The molecule has 0 aromatic heterocycles. The van der Waals surface area contributed by atoms with Crippen LogP contribution in [0.1, 0.15) is 58.1 Å². The topological polar surface area (TPSA) is 140 Å². The van der Waals surface area contributed by atoms with E-state index in [-0.39, 0.29) is 11.1 Å². The maximum atomic E-state index is 12.9. The van der Waals surface area contributed by atoms with Gasteiger partial charge in [0.15, 0.2) is 0 Å². The van der Waals surface area contributed by atoms with Crippen molar-refractivity contribution in [2.45, 2.75) is 47.0 Å². The molecule has 4 rings (SSSR count). The van der Waals surface area contributed by atoms with Gasteiger partial charge in [-0.15, -0.1) is 0 Å². The van der Waals surface area contributed by atoms with Crippen molar-refractivity contribution in [3.63, 3.8) is 0 Å². The molecule has 284 valence electrons. The first-order valence-electron chi connectivity index (χ1n) is 18.0. The van der Waals surface area contributed by atoms with Crippen LogP contribution in [0.4, 0.5) is 21.0 Å². The van der Waals surface area contributed by atoms with Gasteiger partial charge in [0.25, 0.3) is 23.6 Å². The molecule has 2 aromatic carbocycles. The summed E-state index contributed by atoms with van der Waals surface area (Å²) in [5.41, 5.74) is 2.71. The Kier molecular flexibility index (Phi) is 13.4. The first-order chi connectivity index (χ1) is 25.3. The Bertz CT molecular complexity index is 1630. The molecule has 0 saturated carbocycles. The number of likely N-dealkylation sites (N-methyl/N-ethyl adjacent to an activating group) is 4. The number of carbonyl (C=O) groups is 6. The van der Waals surface area contributed by atoms with Crippen LogP contribution >= 0.6 is 0 Å². The van der Waals surface area contributed by atoms with Gasteiger partial charge in [-0.2, -0.15) is 0 Å². The number of amides is 8. The van der Waals surface area contributed by atoms with E-state index in [9.17, 15) is 28.8 Å². The van der Waals surface area contributed by atoms with Crippen LogP contribution in [0, 0.1) is 0 Å². The Balaban J connectivity index is 1.47.